The number of nitrogens with one attached hydrogen (secondary N) is 1. The van der Waals surface area contributed by atoms with Gasteiger partial charge in [-0.05, 0) is 32.1 Å². The van der Waals surface area contributed by atoms with Crippen LogP contribution in [-0.2, 0) is 4.79 Å². The van der Waals surface area contributed by atoms with Crippen molar-refractivity contribution in [3.8, 4) is 0 Å². The normalized spacial score (nSPS) is 18.8. The smallest absolute Gasteiger partial charge is 0.319 e. The lowest BCUT2D eigenvalue weighted by atomic mass is 9.97. The maximum Gasteiger partial charge on any atom is 0.319 e. The van der Waals surface area contributed by atoms with Crippen LogP contribution >= 0.6 is 0 Å². The Morgan fingerprint density at radius 2 is 2.05 bits per heavy atom. The molecule has 1 aliphatic heterocycles. The number of carbonyl (C=O) groups is 2. The van der Waals surface area contributed by atoms with Crippen molar-refractivity contribution in [2.24, 2.45) is 5.92 Å². The van der Waals surface area contributed by atoms with Crippen LogP contribution in [0, 0.1) is 5.92 Å². The number of carbonyl (C=O) groups excluding carboxylic acids is 2. The molecule has 1 heterocycles. The molecule has 3 amide bonds. The first-order chi connectivity index (χ1) is 9.56. The lowest BCUT2D eigenvalue weighted by molar-refractivity contribution is -0.126. The van der Waals surface area contributed by atoms with E-state index in [4.69, 9.17) is 5.11 Å². The minimum absolute atomic E-state index is 0.0227. The highest BCUT2D eigenvalue weighted by Gasteiger charge is 2.28. The van der Waals surface area contributed by atoms with Crippen molar-refractivity contribution in [2.75, 3.05) is 40.3 Å². The Morgan fingerprint density at radius 1 is 1.30 bits per heavy atom. The standard InChI is InChI=1S/C14H27N3O3/c1-16(2)14(20)17-9-6-7-12(11-17)13(19)15-8-4-3-5-10-18/h12,18H,3-11H2,1-2H3,(H,15,19). The average molecular weight is 285 g/mol. The zero-order valence-corrected chi connectivity index (χ0v) is 12.6. The highest BCUT2D eigenvalue weighted by Crippen LogP contribution is 2.17. The van der Waals surface area contributed by atoms with Gasteiger partial charge in [-0.15, -0.1) is 0 Å². The molecule has 0 aliphatic carbocycles. The predicted octanol–water partition coefficient (Wildman–Crippen LogP) is 0.659. The third-order valence-electron chi connectivity index (χ3n) is 3.58. The summed E-state index contributed by atoms with van der Waals surface area (Å²) in [5.41, 5.74) is 0. The molecule has 0 bridgehead atoms. The van der Waals surface area contributed by atoms with E-state index < -0.39 is 0 Å². The predicted molar refractivity (Wildman–Crippen MR) is 77.3 cm³/mol. The van der Waals surface area contributed by atoms with Crippen molar-refractivity contribution in [2.45, 2.75) is 32.1 Å². The zero-order chi connectivity index (χ0) is 15.0. The maximum absolute atomic E-state index is 12.1. The molecule has 0 radical (unpaired) electrons. The van der Waals surface area contributed by atoms with E-state index in [9.17, 15) is 9.59 Å². The van der Waals surface area contributed by atoms with Crippen LogP contribution in [0.25, 0.3) is 0 Å². The van der Waals surface area contributed by atoms with E-state index in [1.165, 1.54) is 0 Å². The van der Waals surface area contributed by atoms with Crippen LogP contribution in [-0.4, -0.2) is 67.2 Å². The van der Waals surface area contributed by atoms with Gasteiger partial charge in [0, 0.05) is 40.3 Å². The summed E-state index contributed by atoms with van der Waals surface area (Å²) < 4.78 is 0. The highest BCUT2D eigenvalue weighted by atomic mass is 16.3. The number of amides is 3. The van der Waals surface area contributed by atoms with E-state index in [2.05, 4.69) is 5.32 Å². The molecule has 1 aliphatic rings. The molecule has 116 valence electrons. The minimum atomic E-state index is -0.0921. The van der Waals surface area contributed by atoms with Crippen molar-refractivity contribution in [1.82, 2.24) is 15.1 Å². The summed E-state index contributed by atoms with van der Waals surface area (Å²) in [6.45, 7) is 2.10. The van der Waals surface area contributed by atoms with E-state index in [0.29, 0.717) is 13.1 Å². The third-order valence-corrected chi connectivity index (χ3v) is 3.58. The molecule has 0 aromatic heterocycles. The van der Waals surface area contributed by atoms with Gasteiger partial charge >= 0.3 is 6.03 Å². The molecule has 1 unspecified atom stereocenters. The molecule has 0 saturated carbocycles. The average Bonchev–Trinajstić information content (AvgIpc) is 2.46. The van der Waals surface area contributed by atoms with Crippen LogP contribution in [0.3, 0.4) is 0 Å². The lowest BCUT2D eigenvalue weighted by Gasteiger charge is -2.33. The number of piperidine rings is 1. The van der Waals surface area contributed by atoms with Gasteiger partial charge in [-0.25, -0.2) is 4.79 Å². The van der Waals surface area contributed by atoms with Crippen molar-refractivity contribution < 1.29 is 14.7 Å². The Bertz CT molecular complexity index is 321. The molecule has 1 saturated heterocycles. The molecule has 1 atom stereocenters. The summed E-state index contributed by atoms with van der Waals surface area (Å²) in [5.74, 6) is -0.0456. The second kappa shape index (κ2) is 8.79. The molecule has 0 spiro atoms. The first kappa shape index (κ1) is 16.8. The van der Waals surface area contributed by atoms with Crippen molar-refractivity contribution in [3.63, 3.8) is 0 Å². The Hall–Kier alpha value is -1.30. The molecule has 6 heteroatoms. The number of nitrogens with zero attached hydrogens (tertiary/aromatic N) is 2. The molecular weight excluding hydrogens is 258 g/mol. The van der Waals surface area contributed by atoms with Gasteiger partial charge in [-0.1, -0.05) is 0 Å². The Balaban J connectivity index is 2.31. The van der Waals surface area contributed by atoms with Gasteiger partial charge in [0.05, 0.1) is 5.92 Å². The molecule has 6 nitrogen and oxygen atoms in total. The summed E-state index contributed by atoms with van der Waals surface area (Å²) >= 11 is 0. The molecule has 0 aromatic rings. The lowest BCUT2D eigenvalue weighted by Crippen LogP contribution is -2.48. The minimum Gasteiger partial charge on any atom is -0.396 e. The monoisotopic (exact) mass is 285 g/mol. The summed E-state index contributed by atoms with van der Waals surface area (Å²) in [4.78, 5) is 27.3. The van der Waals surface area contributed by atoms with Crippen LogP contribution in [0.4, 0.5) is 4.79 Å². The van der Waals surface area contributed by atoms with E-state index in [0.717, 1.165) is 38.6 Å². The second-order valence-electron chi connectivity index (χ2n) is 5.54. The largest absolute Gasteiger partial charge is 0.396 e. The molecule has 1 rings (SSSR count). The van der Waals surface area contributed by atoms with E-state index >= 15 is 0 Å². The van der Waals surface area contributed by atoms with Gasteiger partial charge < -0.3 is 20.2 Å². The highest BCUT2D eigenvalue weighted by molar-refractivity contribution is 5.80. The topological polar surface area (TPSA) is 72.9 Å². The Labute approximate surface area is 121 Å². The van der Waals surface area contributed by atoms with Crippen LogP contribution in [0.15, 0.2) is 0 Å². The Kier molecular flexibility index (Phi) is 7.36. The molecule has 2 N–H and O–H groups in total. The SMILES string of the molecule is CN(C)C(=O)N1CCCC(C(=O)NCCCCCO)C1. The number of aliphatic hydroxyl groups excluding tert-OH is 1. The zero-order valence-electron chi connectivity index (χ0n) is 12.6. The second-order valence-corrected chi connectivity index (χ2v) is 5.54. The summed E-state index contributed by atoms with van der Waals surface area (Å²) in [6, 6.07) is -0.0227. The first-order valence-corrected chi connectivity index (χ1v) is 7.41. The van der Waals surface area contributed by atoms with Crippen LogP contribution in [0.5, 0.6) is 0 Å². The fourth-order valence-electron chi connectivity index (χ4n) is 2.42. The fraction of sp³-hybridized carbons (Fsp3) is 0.857. The van der Waals surface area contributed by atoms with E-state index in [-0.39, 0.29) is 24.5 Å². The van der Waals surface area contributed by atoms with E-state index in [1.54, 1.807) is 23.9 Å². The fourth-order valence-corrected chi connectivity index (χ4v) is 2.42. The summed E-state index contributed by atoms with van der Waals surface area (Å²) in [7, 11) is 3.46. The maximum atomic E-state index is 12.1. The van der Waals surface area contributed by atoms with Gasteiger partial charge in [0.25, 0.3) is 0 Å². The van der Waals surface area contributed by atoms with Gasteiger partial charge in [-0.2, -0.15) is 0 Å². The van der Waals surface area contributed by atoms with E-state index in [1.807, 2.05) is 0 Å². The van der Waals surface area contributed by atoms with Crippen LogP contribution in [0.1, 0.15) is 32.1 Å². The van der Waals surface area contributed by atoms with Gasteiger partial charge in [0.2, 0.25) is 5.91 Å². The molecule has 1 fully saturated rings. The number of urea groups is 1. The third kappa shape index (κ3) is 5.36. The summed E-state index contributed by atoms with van der Waals surface area (Å²) in [6.07, 6.45) is 4.32. The summed E-state index contributed by atoms with van der Waals surface area (Å²) in [5, 5.41) is 11.6. The van der Waals surface area contributed by atoms with Gasteiger partial charge in [0.15, 0.2) is 0 Å². The number of unbranched alkanes of at least 4 members (excludes halogenated alkanes) is 2. The van der Waals surface area contributed by atoms with Crippen LogP contribution in [0.2, 0.25) is 0 Å². The van der Waals surface area contributed by atoms with Gasteiger partial charge in [0.1, 0.15) is 0 Å². The number of rotatable bonds is 6. The molecule has 20 heavy (non-hydrogen) atoms. The van der Waals surface area contributed by atoms with Crippen molar-refractivity contribution in [1.29, 1.82) is 0 Å². The van der Waals surface area contributed by atoms with Crippen molar-refractivity contribution >= 4 is 11.9 Å². The van der Waals surface area contributed by atoms with Crippen molar-refractivity contribution in [3.05, 3.63) is 0 Å². The molecule has 0 aromatic carbocycles. The van der Waals surface area contributed by atoms with Crippen LogP contribution < -0.4 is 5.32 Å². The number of likely N-dealkylation sites (tertiary alicyclic amines) is 1. The first-order valence-electron chi connectivity index (χ1n) is 7.41. The number of aliphatic hydroxyl groups is 1. The number of hydrogen-bond donors (Lipinski definition) is 2. The Morgan fingerprint density at radius 3 is 2.70 bits per heavy atom. The number of hydrogen-bond acceptors (Lipinski definition) is 3. The quantitative estimate of drug-likeness (QED) is 0.704. The molecular formula is C14H27N3O3. The van der Waals surface area contributed by atoms with Gasteiger partial charge in [-0.3, -0.25) is 4.79 Å².